The number of nitrogens with one attached hydrogen (secondary N) is 1. The molecule has 1 N–H and O–H groups in total. The van der Waals surface area contributed by atoms with Crippen LogP contribution in [-0.4, -0.2) is 15.0 Å². The Morgan fingerprint density at radius 2 is 1.95 bits per heavy atom. The first-order valence-corrected chi connectivity index (χ1v) is 7.19. The van der Waals surface area contributed by atoms with Crippen LogP contribution in [0.3, 0.4) is 0 Å². The van der Waals surface area contributed by atoms with Gasteiger partial charge in [0.25, 0.3) is 5.56 Å². The Hall–Kier alpha value is -2.49. The smallest absolute Gasteiger partial charge is 0.251 e. The molecule has 0 spiro atoms. The topological polar surface area (TPSA) is 58.6 Å². The highest BCUT2D eigenvalue weighted by atomic mass is 16.1. The summed E-state index contributed by atoms with van der Waals surface area (Å²) in [5, 5.41) is 1.01. The Morgan fingerprint density at radius 3 is 2.76 bits per heavy atom. The third-order valence-corrected chi connectivity index (χ3v) is 3.86. The lowest BCUT2D eigenvalue weighted by Gasteiger charge is -2.08. The average Bonchev–Trinajstić information content (AvgIpc) is 3.30. The van der Waals surface area contributed by atoms with Crippen molar-refractivity contribution in [2.45, 2.75) is 25.7 Å². The molecule has 4 nitrogen and oxygen atoms in total. The monoisotopic (exact) mass is 277 g/mol. The maximum absolute atomic E-state index is 11.9. The summed E-state index contributed by atoms with van der Waals surface area (Å²) in [6.07, 6.45) is 2.26. The van der Waals surface area contributed by atoms with Gasteiger partial charge in [0.05, 0.1) is 11.2 Å². The predicted molar refractivity (Wildman–Crippen MR) is 82.3 cm³/mol. The molecule has 1 aromatic carbocycles. The quantitative estimate of drug-likeness (QED) is 0.782. The van der Waals surface area contributed by atoms with Crippen LogP contribution < -0.4 is 5.56 Å². The van der Waals surface area contributed by atoms with Crippen molar-refractivity contribution in [1.82, 2.24) is 15.0 Å². The molecule has 0 aliphatic heterocycles. The first-order chi connectivity index (χ1) is 10.2. The zero-order chi connectivity index (χ0) is 14.4. The minimum Gasteiger partial charge on any atom is -0.306 e. The number of para-hydroxylation sites is 1. The molecular formula is C17H15N3O. The molecule has 4 rings (SSSR count). The molecule has 4 heteroatoms. The Bertz CT molecular complexity index is 894. The van der Waals surface area contributed by atoms with Crippen LogP contribution in [-0.2, 0) is 0 Å². The van der Waals surface area contributed by atoms with Gasteiger partial charge in [0.15, 0.2) is 0 Å². The minimum atomic E-state index is -0.0829. The number of aryl methyl sites for hydroxylation is 1. The van der Waals surface area contributed by atoms with E-state index in [2.05, 4.69) is 15.0 Å². The van der Waals surface area contributed by atoms with Gasteiger partial charge in [0.1, 0.15) is 5.82 Å². The summed E-state index contributed by atoms with van der Waals surface area (Å²) >= 11 is 0. The second-order valence-electron chi connectivity index (χ2n) is 5.62. The molecule has 1 aliphatic carbocycles. The van der Waals surface area contributed by atoms with Crippen LogP contribution in [0, 0.1) is 6.92 Å². The van der Waals surface area contributed by atoms with Crippen molar-refractivity contribution >= 4 is 10.9 Å². The molecule has 0 saturated heterocycles. The van der Waals surface area contributed by atoms with Gasteiger partial charge in [-0.2, -0.15) is 0 Å². The maximum atomic E-state index is 11.9. The second kappa shape index (κ2) is 4.52. The molecule has 0 radical (unpaired) electrons. The van der Waals surface area contributed by atoms with Crippen LogP contribution in [0.1, 0.15) is 30.1 Å². The summed E-state index contributed by atoms with van der Waals surface area (Å²) in [4.78, 5) is 24.0. The number of H-pyrrole nitrogens is 1. The first kappa shape index (κ1) is 12.3. The summed E-state index contributed by atoms with van der Waals surface area (Å²) in [6.45, 7) is 1.96. The number of pyridine rings is 1. The SMILES string of the molecule is Cc1cc(-c2nc(C3CC3)cc(=O)[nH]2)c2ccccc2n1. The normalized spacial score (nSPS) is 14.5. The molecule has 104 valence electrons. The van der Waals surface area contributed by atoms with Crippen LogP contribution in [0.25, 0.3) is 22.3 Å². The predicted octanol–water partition coefficient (Wildman–Crippen LogP) is 3.17. The molecule has 0 unspecified atom stereocenters. The molecule has 21 heavy (non-hydrogen) atoms. The standard InChI is InChI=1S/C17H15N3O/c1-10-8-13(12-4-2-3-5-14(12)18-10)17-19-15(11-6-7-11)9-16(21)20-17/h2-5,8-9,11H,6-7H2,1H3,(H,19,20,21). The number of rotatable bonds is 2. The molecule has 2 aromatic heterocycles. The Kier molecular flexibility index (Phi) is 2.64. The van der Waals surface area contributed by atoms with Gasteiger partial charge in [-0.05, 0) is 31.9 Å². The van der Waals surface area contributed by atoms with Crippen molar-refractivity contribution < 1.29 is 0 Å². The van der Waals surface area contributed by atoms with E-state index in [1.165, 1.54) is 0 Å². The van der Waals surface area contributed by atoms with Crippen molar-refractivity contribution in [1.29, 1.82) is 0 Å². The minimum absolute atomic E-state index is 0.0829. The second-order valence-corrected chi connectivity index (χ2v) is 5.62. The number of benzene rings is 1. The highest BCUT2D eigenvalue weighted by molar-refractivity contribution is 5.92. The summed E-state index contributed by atoms with van der Waals surface area (Å²) in [7, 11) is 0. The van der Waals surface area contributed by atoms with E-state index in [1.807, 2.05) is 37.3 Å². The average molecular weight is 277 g/mol. The van der Waals surface area contributed by atoms with Gasteiger partial charge in [-0.3, -0.25) is 9.78 Å². The van der Waals surface area contributed by atoms with Gasteiger partial charge in [-0.15, -0.1) is 0 Å². The van der Waals surface area contributed by atoms with Crippen LogP contribution in [0.15, 0.2) is 41.2 Å². The molecule has 1 fully saturated rings. The third-order valence-electron chi connectivity index (χ3n) is 3.86. The highest BCUT2D eigenvalue weighted by Crippen LogP contribution is 2.39. The molecule has 3 aromatic rings. The van der Waals surface area contributed by atoms with E-state index in [4.69, 9.17) is 0 Å². The van der Waals surface area contributed by atoms with Crippen LogP contribution >= 0.6 is 0 Å². The largest absolute Gasteiger partial charge is 0.306 e. The van der Waals surface area contributed by atoms with E-state index in [0.29, 0.717) is 11.7 Å². The highest BCUT2D eigenvalue weighted by Gasteiger charge is 2.26. The fourth-order valence-corrected chi connectivity index (χ4v) is 2.70. The van der Waals surface area contributed by atoms with Crippen molar-refractivity contribution in [3.05, 3.63) is 58.1 Å². The van der Waals surface area contributed by atoms with Crippen molar-refractivity contribution in [2.24, 2.45) is 0 Å². The van der Waals surface area contributed by atoms with Crippen LogP contribution in [0.5, 0.6) is 0 Å². The van der Waals surface area contributed by atoms with Crippen LogP contribution in [0.4, 0.5) is 0 Å². The maximum Gasteiger partial charge on any atom is 0.251 e. The fourth-order valence-electron chi connectivity index (χ4n) is 2.70. The molecular weight excluding hydrogens is 262 g/mol. The van der Waals surface area contributed by atoms with Crippen LogP contribution in [0.2, 0.25) is 0 Å². The van der Waals surface area contributed by atoms with Gasteiger partial charge in [0, 0.05) is 28.6 Å². The number of aromatic nitrogens is 3. The number of fused-ring (bicyclic) bond motifs is 1. The summed E-state index contributed by atoms with van der Waals surface area (Å²) in [5.41, 5.74) is 3.61. The van der Waals surface area contributed by atoms with Gasteiger partial charge < -0.3 is 4.98 Å². The zero-order valence-corrected chi connectivity index (χ0v) is 11.8. The lowest BCUT2D eigenvalue weighted by atomic mass is 10.1. The number of hydrogen-bond donors (Lipinski definition) is 1. The number of aromatic amines is 1. The molecule has 1 saturated carbocycles. The third kappa shape index (κ3) is 2.23. The molecule has 0 amide bonds. The summed E-state index contributed by atoms with van der Waals surface area (Å²) < 4.78 is 0. The van der Waals surface area contributed by atoms with Gasteiger partial charge in [-0.1, -0.05) is 18.2 Å². The van der Waals surface area contributed by atoms with Gasteiger partial charge in [0.2, 0.25) is 0 Å². The van der Waals surface area contributed by atoms with Crippen molar-refractivity contribution in [2.75, 3.05) is 0 Å². The zero-order valence-electron chi connectivity index (χ0n) is 11.8. The van der Waals surface area contributed by atoms with Crippen molar-refractivity contribution in [3.8, 4) is 11.4 Å². The Balaban J connectivity index is 1.99. The Morgan fingerprint density at radius 1 is 1.14 bits per heavy atom. The van der Waals surface area contributed by atoms with E-state index in [9.17, 15) is 4.79 Å². The van der Waals surface area contributed by atoms with E-state index in [1.54, 1.807) is 6.07 Å². The van der Waals surface area contributed by atoms with Crippen molar-refractivity contribution in [3.63, 3.8) is 0 Å². The van der Waals surface area contributed by atoms with Gasteiger partial charge >= 0.3 is 0 Å². The number of nitrogens with zero attached hydrogens (tertiary/aromatic N) is 2. The molecule has 2 heterocycles. The molecule has 0 atom stereocenters. The lowest BCUT2D eigenvalue weighted by molar-refractivity contribution is 0.977. The lowest BCUT2D eigenvalue weighted by Crippen LogP contribution is -2.10. The summed E-state index contributed by atoms with van der Waals surface area (Å²) in [5.74, 6) is 1.10. The fraction of sp³-hybridized carbons (Fsp3) is 0.235. The van der Waals surface area contributed by atoms with E-state index in [0.717, 1.165) is 40.7 Å². The number of hydrogen-bond acceptors (Lipinski definition) is 3. The Labute approximate surface area is 121 Å². The first-order valence-electron chi connectivity index (χ1n) is 7.19. The molecule has 0 bridgehead atoms. The van der Waals surface area contributed by atoms with Gasteiger partial charge in [-0.25, -0.2) is 4.98 Å². The molecule has 1 aliphatic rings. The van der Waals surface area contributed by atoms with E-state index < -0.39 is 0 Å². The van der Waals surface area contributed by atoms with E-state index in [-0.39, 0.29) is 5.56 Å². The summed E-state index contributed by atoms with van der Waals surface area (Å²) in [6, 6.07) is 11.5. The van der Waals surface area contributed by atoms with E-state index >= 15 is 0 Å².